The number of hydrogen-bond donors (Lipinski definition) is 0. The van der Waals surface area contributed by atoms with Crippen LogP contribution in [0.3, 0.4) is 0 Å². The highest BCUT2D eigenvalue weighted by atomic mass is 15.3. The maximum Gasteiger partial charge on any atom is 0.226 e. The van der Waals surface area contributed by atoms with E-state index in [1.165, 1.54) is 5.56 Å². The van der Waals surface area contributed by atoms with Crippen LogP contribution in [0.4, 0.5) is 11.8 Å². The van der Waals surface area contributed by atoms with E-state index >= 15 is 0 Å². The van der Waals surface area contributed by atoms with Crippen molar-refractivity contribution in [2.24, 2.45) is 0 Å². The number of anilines is 2. The van der Waals surface area contributed by atoms with Crippen LogP contribution >= 0.6 is 0 Å². The Kier molecular flexibility index (Phi) is 4.56. The molecule has 0 saturated heterocycles. The van der Waals surface area contributed by atoms with E-state index in [0.717, 1.165) is 18.3 Å². The van der Waals surface area contributed by atoms with E-state index in [9.17, 15) is 0 Å². The summed E-state index contributed by atoms with van der Waals surface area (Å²) in [6.45, 7) is 3.16. The van der Waals surface area contributed by atoms with Crippen molar-refractivity contribution < 1.29 is 0 Å². The first-order chi connectivity index (χ1) is 9.58. The fourth-order valence-corrected chi connectivity index (χ4v) is 2.16. The maximum atomic E-state index is 4.56. The van der Waals surface area contributed by atoms with Gasteiger partial charge in [0.15, 0.2) is 0 Å². The SMILES string of the molecule is CC(CN(C)c1ccnc(N(C)C)n1)c1ccccc1. The second-order valence-electron chi connectivity index (χ2n) is 5.30. The van der Waals surface area contributed by atoms with E-state index in [4.69, 9.17) is 0 Å². The zero-order valence-corrected chi connectivity index (χ0v) is 12.6. The van der Waals surface area contributed by atoms with E-state index in [1.807, 2.05) is 31.1 Å². The number of hydrogen-bond acceptors (Lipinski definition) is 4. The molecule has 4 nitrogen and oxygen atoms in total. The molecule has 0 fully saturated rings. The van der Waals surface area contributed by atoms with Crippen molar-refractivity contribution in [3.8, 4) is 0 Å². The van der Waals surface area contributed by atoms with Crippen molar-refractivity contribution in [3.05, 3.63) is 48.2 Å². The Morgan fingerprint density at radius 2 is 1.75 bits per heavy atom. The van der Waals surface area contributed by atoms with Gasteiger partial charge < -0.3 is 9.80 Å². The van der Waals surface area contributed by atoms with Gasteiger partial charge in [-0.25, -0.2) is 4.98 Å². The molecule has 0 aliphatic carbocycles. The Hall–Kier alpha value is -2.10. The third kappa shape index (κ3) is 3.47. The zero-order valence-electron chi connectivity index (χ0n) is 12.6. The minimum absolute atomic E-state index is 0.457. The molecule has 0 N–H and O–H groups in total. The van der Waals surface area contributed by atoms with Crippen LogP contribution in [0.5, 0.6) is 0 Å². The second-order valence-corrected chi connectivity index (χ2v) is 5.30. The van der Waals surface area contributed by atoms with E-state index < -0.39 is 0 Å². The van der Waals surface area contributed by atoms with Crippen LogP contribution in [-0.4, -0.2) is 37.7 Å². The standard InChI is InChI=1S/C16H22N4/c1-13(14-8-6-5-7-9-14)12-20(4)15-10-11-17-16(18-15)19(2)3/h5-11,13H,12H2,1-4H3. The lowest BCUT2D eigenvalue weighted by molar-refractivity contribution is 0.726. The number of nitrogens with zero attached hydrogens (tertiary/aromatic N) is 4. The maximum absolute atomic E-state index is 4.56. The van der Waals surface area contributed by atoms with Crippen molar-refractivity contribution in [1.82, 2.24) is 9.97 Å². The van der Waals surface area contributed by atoms with E-state index in [0.29, 0.717) is 5.92 Å². The van der Waals surface area contributed by atoms with Gasteiger partial charge in [-0.05, 0) is 17.5 Å². The Bertz CT molecular complexity index is 539. The topological polar surface area (TPSA) is 32.3 Å². The van der Waals surface area contributed by atoms with Crippen molar-refractivity contribution in [1.29, 1.82) is 0 Å². The van der Waals surface area contributed by atoms with Gasteiger partial charge in [-0.1, -0.05) is 37.3 Å². The molecule has 1 atom stereocenters. The van der Waals surface area contributed by atoms with Gasteiger partial charge in [0, 0.05) is 33.9 Å². The fourth-order valence-electron chi connectivity index (χ4n) is 2.16. The molecular weight excluding hydrogens is 248 g/mol. The van der Waals surface area contributed by atoms with Crippen LogP contribution in [0.15, 0.2) is 42.6 Å². The minimum Gasteiger partial charge on any atom is -0.359 e. The molecule has 0 aliphatic rings. The van der Waals surface area contributed by atoms with E-state index in [-0.39, 0.29) is 0 Å². The summed E-state index contributed by atoms with van der Waals surface area (Å²) < 4.78 is 0. The Morgan fingerprint density at radius 1 is 1.05 bits per heavy atom. The number of benzene rings is 1. The molecule has 1 aromatic carbocycles. The molecule has 1 aromatic heterocycles. The molecule has 1 heterocycles. The summed E-state index contributed by atoms with van der Waals surface area (Å²) in [4.78, 5) is 12.9. The Balaban J connectivity index is 2.08. The highest BCUT2D eigenvalue weighted by Crippen LogP contribution is 2.19. The molecule has 2 aromatic rings. The normalized spacial score (nSPS) is 12.0. The Morgan fingerprint density at radius 3 is 2.40 bits per heavy atom. The predicted octanol–water partition coefficient (Wildman–Crippen LogP) is 2.78. The summed E-state index contributed by atoms with van der Waals surface area (Å²) in [6.07, 6.45) is 1.81. The first-order valence-electron chi connectivity index (χ1n) is 6.84. The lowest BCUT2D eigenvalue weighted by Gasteiger charge is -2.23. The van der Waals surface area contributed by atoms with Gasteiger partial charge >= 0.3 is 0 Å². The van der Waals surface area contributed by atoms with Gasteiger partial charge in [0.25, 0.3) is 0 Å². The third-order valence-corrected chi connectivity index (χ3v) is 3.34. The van der Waals surface area contributed by atoms with Gasteiger partial charge in [-0.3, -0.25) is 0 Å². The van der Waals surface area contributed by atoms with Gasteiger partial charge in [-0.15, -0.1) is 0 Å². The van der Waals surface area contributed by atoms with Crippen LogP contribution in [-0.2, 0) is 0 Å². The summed E-state index contributed by atoms with van der Waals surface area (Å²) in [5, 5.41) is 0. The first-order valence-corrected chi connectivity index (χ1v) is 6.84. The summed E-state index contributed by atoms with van der Waals surface area (Å²) in [6, 6.07) is 12.5. The van der Waals surface area contributed by atoms with Crippen molar-refractivity contribution in [2.45, 2.75) is 12.8 Å². The van der Waals surface area contributed by atoms with Crippen LogP contribution in [0, 0.1) is 0 Å². The van der Waals surface area contributed by atoms with Gasteiger partial charge in [0.2, 0.25) is 5.95 Å². The largest absolute Gasteiger partial charge is 0.359 e. The molecule has 106 valence electrons. The molecule has 2 rings (SSSR count). The molecule has 4 heteroatoms. The van der Waals surface area contributed by atoms with Crippen LogP contribution in [0.25, 0.3) is 0 Å². The lowest BCUT2D eigenvalue weighted by atomic mass is 10.0. The Labute approximate surface area is 121 Å². The summed E-state index contributed by atoms with van der Waals surface area (Å²) in [7, 11) is 5.97. The van der Waals surface area contributed by atoms with Crippen LogP contribution in [0.1, 0.15) is 18.4 Å². The molecule has 0 spiro atoms. The average molecular weight is 270 g/mol. The molecule has 0 aliphatic heterocycles. The molecule has 0 amide bonds. The monoisotopic (exact) mass is 270 g/mol. The third-order valence-electron chi connectivity index (χ3n) is 3.34. The van der Waals surface area contributed by atoms with Gasteiger partial charge in [-0.2, -0.15) is 4.98 Å². The second kappa shape index (κ2) is 6.37. The van der Waals surface area contributed by atoms with Gasteiger partial charge in [0.1, 0.15) is 5.82 Å². The molecule has 0 bridgehead atoms. The van der Waals surface area contributed by atoms with Crippen molar-refractivity contribution >= 4 is 11.8 Å². The highest BCUT2D eigenvalue weighted by Gasteiger charge is 2.11. The minimum atomic E-state index is 0.457. The van der Waals surface area contributed by atoms with Crippen molar-refractivity contribution in [3.63, 3.8) is 0 Å². The van der Waals surface area contributed by atoms with Gasteiger partial charge in [0.05, 0.1) is 0 Å². The number of aromatic nitrogens is 2. The summed E-state index contributed by atoms with van der Waals surface area (Å²) in [5.41, 5.74) is 1.35. The molecule has 0 radical (unpaired) electrons. The van der Waals surface area contributed by atoms with E-state index in [1.54, 1.807) is 6.20 Å². The number of likely N-dealkylation sites (N-methyl/N-ethyl adjacent to an activating group) is 1. The summed E-state index contributed by atoms with van der Waals surface area (Å²) in [5.74, 6) is 2.15. The number of rotatable bonds is 5. The molecular formula is C16H22N4. The fraction of sp³-hybridized carbons (Fsp3) is 0.375. The molecule has 20 heavy (non-hydrogen) atoms. The summed E-state index contributed by atoms with van der Waals surface area (Å²) >= 11 is 0. The highest BCUT2D eigenvalue weighted by molar-refractivity contribution is 5.42. The van der Waals surface area contributed by atoms with Crippen LogP contribution in [0.2, 0.25) is 0 Å². The quantitative estimate of drug-likeness (QED) is 0.836. The zero-order chi connectivity index (χ0) is 14.5. The van der Waals surface area contributed by atoms with Crippen LogP contribution < -0.4 is 9.80 Å². The predicted molar refractivity (Wildman–Crippen MR) is 84.5 cm³/mol. The first kappa shape index (κ1) is 14.3. The lowest BCUT2D eigenvalue weighted by Crippen LogP contribution is -2.25. The smallest absolute Gasteiger partial charge is 0.226 e. The average Bonchev–Trinajstić information content (AvgIpc) is 2.48. The van der Waals surface area contributed by atoms with E-state index in [2.05, 4.69) is 53.1 Å². The molecule has 1 unspecified atom stereocenters. The molecule has 0 saturated carbocycles. The van der Waals surface area contributed by atoms with Crippen molar-refractivity contribution in [2.75, 3.05) is 37.5 Å².